The van der Waals surface area contributed by atoms with Crippen molar-refractivity contribution in [2.45, 2.75) is 13.8 Å². The second kappa shape index (κ2) is 5.90. The van der Waals surface area contributed by atoms with E-state index in [1.165, 1.54) is 6.39 Å². The molecule has 0 aliphatic heterocycles. The van der Waals surface area contributed by atoms with Gasteiger partial charge in [0.25, 0.3) is 5.91 Å². The number of furan rings is 1. The van der Waals surface area contributed by atoms with Gasteiger partial charge in [0.05, 0.1) is 0 Å². The standard InChI is InChI=1S/C19H15N3O3/c1-11-7-8-13(19-22-20-10-24-19)9-15(11)21-18(23)17-12(2)14-5-3-4-6-16(14)25-17/h3-10H,1-2H3,(H,21,23). The van der Waals surface area contributed by atoms with Crippen molar-refractivity contribution >= 4 is 22.6 Å². The molecule has 6 nitrogen and oxygen atoms in total. The average Bonchev–Trinajstić information content (AvgIpc) is 3.26. The summed E-state index contributed by atoms with van der Waals surface area (Å²) < 4.78 is 10.9. The fourth-order valence-electron chi connectivity index (χ4n) is 2.76. The number of anilines is 1. The number of fused-ring (bicyclic) bond motifs is 1. The number of hydrogen-bond acceptors (Lipinski definition) is 5. The van der Waals surface area contributed by atoms with Gasteiger partial charge in [-0.05, 0) is 37.6 Å². The van der Waals surface area contributed by atoms with Gasteiger partial charge in [-0.1, -0.05) is 24.3 Å². The van der Waals surface area contributed by atoms with Crippen LogP contribution in [0.5, 0.6) is 0 Å². The largest absolute Gasteiger partial charge is 0.451 e. The average molecular weight is 333 g/mol. The van der Waals surface area contributed by atoms with Gasteiger partial charge in [0, 0.05) is 22.2 Å². The normalized spacial score (nSPS) is 11.0. The summed E-state index contributed by atoms with van der Waals surface area (Å²) in [7, 11) is 0. The number of nitrogens with one attached hydrogen (secondary N) is 1. The third-order valence-electron chi connectivity index (χ3n) is 4.14. The van der Waals surface area contributed by atoms with Crippen molar-refractivity contribution in [3.05, 3.63) is 65.7 Å². The zero-order valence-corrected chi connectivity index (χ0v) is 13.7. The molecule has 2 aromatic carbocycles. The van der Waals surface area contributed by atoms with Crippen molar-refractivity contribution in [1.82, 2.24) is 10.2 Å². The molecule has 0 atom stereocenters. The number of hydrogen-bond donors (Lipinski definition) is 1. The van der Waals surface area contributed by atoms with Crippen LogP contribution in [-0.2, 0) is 0 Å². The molecule has 4 aromatic rings. The van der Waals surface area contributed by atoms with E-state index in [1.807, 2.05) is 50.2 Å². The summed E-state index contributed by atoms with van der Waals surface area (Å²) in [6.07, 6.45) is 1.27. The van der Waals surface area contributed by atoms with Crippen molar-refractivity contribution in [1.29, 1.82) is 0 Å². The van der Waals surface area contributed by atoms with Crippen molar-refractivity contribution in [3.63, 3.8) is 0 Å². The number of aromatic nitrogens is 2. The SMILES string of the molecule is Cc1ccc(-c2nnco2)cc1NC(=O)c1oc2ccccc2c1C. The van der Waals surface area contributed by atoms with E-state index in [4.69, 9.17) is 8.83 Å². The first-order valence-electron chi connectivity index (χ1n) is 7.80. The maximum Gasteiger partial charge on any atom is 0.291 e. The second-order valence-corrected chi connectivity index (χ2v) is 5.78. The van der Waals surface area contributed by atoms with E-state index in [0.29, 0.717) is 22.9 Å². The third-order valence-corrected chi connectivity index (χ3v) is 4.14. The summed E-state index contributed by atoms with van der Waals surface area (Å²) in [5.74, 6) is 0.415. The quantitative estimate of drug-likeness (QED) is 0.603. The Labute approximate surface area is 143 Å². The molecular formula is C19H15N3O3. The monoisotopic (exact) mass is 333 g/mol. The molecule has 0 fully saturated rings. The fourth-order valence-corrected chi connectivity index (χ4v) is 2.76. The smallest absolute Gasteiger partial charge is 0.291 e. The van der Waals surface area contributed by atoms with E-state index in [-0.39, 0.29) is 5.91 Å². The van der Waals surface area contributed by atoms with Crippen LogP contribution in [-0.4, -0.2) is 16.1 Å². The molecule has 0 saturated heterocycles. The first-order valence-corrected chi connectivity index (χ1v) is 7.80. The molecule has 0 bridgehead atoms. The Kier molecular flexibility index (Phi) is 3.57. The van der Waals surface area contributed by atoms with Gasteiger partial charge in [-0.25, -0.2) is 0 Å². The first kappa shape index (κ1) is 15.1. The topological polar surface area (TPSA) is 81.2 Å². The van der Waals surface area contributed by atoms with E-state index in [2.05, 4.69) is 15.5 Å². The highest BCUT2D eigenvalue weighted by Gasteiger charge is 2.18. The van der Waals surface area contributed by atoms with E-state index in [9.17, 15) is 4.79 Å². The van der Waals surface area contributed by atoms with Crippen molar-refractivity contribution in [2.24, 2.45) is 0 Å². The molecule has 1 amide bonds. The predicted octanol–water partition coefficient (Wildman–Crippen LogP) is 4.35. The van der Waals surface area contributed by atoms with Crippen LogP contribution in [0.4, 0.5) is 5.69 Å². The molecule has 0 aliphatic carbocycles. The number of nitrogens with zero attached hydrogens (tertiary/aromatic N) is 2. The van der Waals surface area contributed by atoms with Crippen LogP contribution in [0.3, 0.4) is 0 Å². The maximum atomic E-state index is 12.7. The lowest BCUT2D eigenvalue weighted by Gasteiger charge is -2.08. The Morgan fingerprint density at radius 3 is 2.72 bits per heavy atom. The Balaban J connectivity index is 1.68. The Bertz CT molecular complexity index is 1060. The molecule has 124 valence electrons. The molecule has 0 unspecified atom stereocenters. The lowest BCUT2D eigenvalue weighted by Crippen LogP contribution is -2.13. The van der Waals surface area contributed by atoms with Crippen LogP contribution < -0.4 is 5.32 Å². The van der Waals surface area contributed by atoms with Crippen LogP contribution in [0.25, 0.3) is 22.4 Å². The molecule has 2 aromatic heterocycles. The van der Waals surface area contributed by atoms with Crippen molar-refractivity contribution in [3.8, 4) is 11.5 Å². The molecule has 0 spiro atoms. The molecule has 2 heterocycles. The molecule has 4 rings (SSSR count). The number of amides is 1. The van der Waals surface area contributed by atoms with Gasteiger partial charge < -0.3 is 14.2 Å². The zero-order valence-electron chi connectivity index (χ0n) is 13.7. The number of carbonyl (C=O) groups excluding carboxylic acids is 1. The summed E-state index contributed by atoms with van der Waals surface area (Å²) >= 11 is 0. The van der Waals surface area contributed by atoms with Crippen LogP contribution in [0.2, 0.25) is 0 Å². The third kappa shape index (κ3) is 2.67. The summed E-state index contributed by atoms with van der Waals surface area (Å²) in [5, 5.41) is 11.4. The Morgan fingerprint density at radius 2 is 1.96 bits per heavy atom. The highest BCUT2D eigenvalue weighted by atomic mass is 16.4. The van der Waals surface area contributed by atoms with Crippen LogP contribution >= 0.6 is 0 Å². The number of aryl methyl sites for hydroxylation is 2. The minimum Gasteiger partial charge on any atom is -0.451 e. The molecular weight excluding hydrogens is 318 g/mol. The number of carbonyl (C=O) groups is 1. The van der Waals surface area contributed by atoms with Crippen LogP contribution in [0.15, 0.2) is 57.7 Å². The lowest BCUT2D eigenvalue weighted by molar-refractivity contribution is 0.0998. The van der Waals surface area contributed by atoms with E-state index >= 15 is 0 Å². The highest BCUT2D eigenvalue weighted by Crippen LogP contribution is 2.28. The molecule has 0 saturated carbocycles. The molecule has 1 N–H and O–H groups in total. The number of rotatable bonds is 3. The predicted molar refractivity (Wildman–Crippen MR) is 93.4 cm³/mol. The van der Waals surface area contributed by atoms with Gasteiger partial charge in [0.15, 0.2) is 5.76 Å². The van der Waals surface area contributed by atoms with Crippen molar-refractivity contribution in [2.75, 3.05) is 5.32 Å². The maximum absolute atomic E-state index is 12.7. The van der Waals surface area contributed by atoms with Gasteiger partial charge in [0.1, 0.15) is 5.58 Å². The minimum absolute atomic E-state index is 0.292. The molecule has 0 aliphatic rings. The summed E-state index contributed by atoms with van der Waals surface area (Å²) in [4.78, 5) is 12.7. The van der Waals surface area contributed by atoms with E-state index in [0.717, 1.165) is 22.1 Å². The number of para-hydroxylation sites is 1. The summed E-state index contributed by atoms with van der Waals surface area (Å²) in [6.45, 7) is 3.79. The van der Waals surface area contributed by atoms with Crippen LogP contribution in [0, 0.1) is 13.8 Å². The highest BCUT2D eigenvalue weighted by molar-refractivity contribution is 6.06. The first-order chi connectivity index (χ1) is 12.1. The van der Waals surface area contributed by atoms with Crippen molar-refractivity contribution < 1.29 is 13.6 Å². The second-order valence-electron chi connectivity index (χ2n) is 5.78. The molecule has 25 heavy (non-hydrogen) atoms. The molecule has 0 radical (unpaired) electrons. The van der Waals surface area contributed by atoms with Gasteiger partial charge in [0.2, 0.25) is 12.3 Å². The Morgan fingerprint density at radius 1 is 1.12 bits per heavy atom. The Hall–Kier alpha value is -3.41. The van der Waals surface area contributed by atoms with Gasteiger partial charge >= 0.3 is 0 Å². The van der Waals surface area contributed by atoms with Gasteiger partial charge in [-0.15, -0.1) is 10.2 Å². The summed E-state index contributed by atoms with van der Waals surface area (Å²) in [6, 6.07) is 13.1. The van der Waals surface area contributed by atoms with Gasteiger partial charge in [-0.2, -0.15) is 0 Å². The molecule has 6 heteroatoms. The summed E-state index contributed by atoms with van der Waals surface area (Å²) in [5.41, 5.74) is 3.84. The zero-order chi connectivity index (χ0) is 17.4. The number of benzene rings is 2. The minimum atomic E-state index is -0.292. The van der Waals surface area contributed by atoms with Crippen LogP contribution in [0.1, 0.15) is 21.7 Å². The van der Waals surface area contributed by atoms with Gasteiger partial charge in [-0.3, -0.25) is 4.79 Å². The van der Waals surface area contributed by atoms with E-state index < -0.39 is 0 Å². The van der Waals surface area contributed by atoms with E-state index in [1.54, 1.807) is 6.07 Å². The lowest BCUT2D eigenvalue weighted by atomic mass is 10.1. The fraction of sp³-hybridized carbons (Fsp3) is 0.105.